The minimum atomic E-state index is -0.189. The van der Waals surface area contributed by atoms with Crippen molar-refractivity contribution in [3.8, 4) is 0 Å². The summed E-state index contributed by atoms with van der Waals surface area (Å²) in [6, 6.07) is 5.11. The fraction of sp³-hybridized carbons (Fsp3) is 0.600. The third kappa shape index (κ3) is 3.32. The summed E-state index contributed by atoms with van der Waals surface area (Å²) in [5, 5.41) is 0. The molecule has 2 unspecified atom stereocenters. The van der Waals surface area contributed by atoms with Crippen LogP contribution in [0.2, 0.25) is 0 Å². The van der Waals surface area contributed by atoms with Gasteiger partial charge in [-0.2, -0.15) is 0 Å². The highest BCUT2D eigenvalue weighted by molar-refractivity contribution is 5.30. The van der Waals surface area contributed by atoms with E-state index in [-0.39, 0.29) is 18.0 Å². The monoisotopic (exact) mass is 266 g/mol. The van der Waals surface area contributed by atoms with Crippen molar-refractivity contribution < 1.29 is 9.13 Å². The van der Waals surface area contributed by atoms with Gasteiger partial charge < -0.3 is 10.5 Å². The molecule has 0 amide bonds. The molecular weight excluding hydrogens is 243 g/mol. The molecule has 0 radical (unpaired) electrons. The van der Waals surface area contributed by atoms with E-state index in [9.17, 15) is 4.39 Å². The van der Waals surface area contributed by atoms with Crippen molar-refractivity contribution in [1.82, 2.24) is 4.90 Å². The van der Waals surface area contributed by atoms with Gasteiger partial charge in [0.1, 0.15) is 5.82 Å². The van der Waals surface area contributed by atoms with Crippen molar-refractivity contribution in [2.75, 3.05) is 26.7 Å². The molecule has 4 heteroatoms. The van der Waals surface area contributed by atoms with Crippen molar-refractivity contribution in [2.24, 2.45) is 5.73 Å². The molecule has 1 aromatic rings. The zero-order valence-electron chi connectivity index (χ0n) is 11.7. The molecule has 1 aliphatic heterocycles. The van der Waals surface area contributed by atoms with E-state index >= 15 is 0 Å². The summed E-state index contributed by atoms with van der Waals surface area (Å²) in [4.78, 5) is 2.36. The van der Waals surface area contributed by atoms with E-state index in [2.05, 4.69) is 4.90 Å². The lowest BCUT2D eigenvalue weighted by molar-refractivity contribution is 0.0154. The number of aryl methyl sites for hydroxylation is 1. The number of halogens is 1. The van der Waals surface area contributed by atoms with E-state index in [4.69, 9.17) is 10.5 Å². The van der Waals surface area contributed by atoms with E-state index in [1.807, 2.05) is 13.0 Å². The largest absolute Gasteiger partial charge is 0.380 e. The highest BCUT2D eigenvalue weighted by Gasteiger charge is 2.26. The lowest BCUT2D eigenvalue weighted by atomic mass is 9.97. The van der Waals surface area contributed by atoms with E-state index in [1.165, 1.54) is 6.07 Å². The van der Waals surface area contributed by atoms with Crippen molar-refractivity contribution in [3.05, 3.63) is 35.1 Å². The molecule has 1 aromatic carbocycles. The highest BCUT2D eigenvalue weighted by atomic mass is 19.1. The Morgan fingerprint density at radius 1 is 1.53 bits per heavy atom. The number of benzene rings is 1. The maximum atomic E-state index is 13.2. The number of likely N-dealkylation sites (tertiary alicyclic amines) is 1. The average Bonchev–Trinajstić information content (AvgIpc) is 2.42. The molecule has 0 aliphatic carbocycles. The second-order valence-corrected chi connectivity index (χ2v) is 5.25. The standard InChI is InChI=1S/C15H23FN2O/c1-11-8-12(16)5-6-14(11)15(9-17)18-7-3-4-13(10-18)19-2/h5-6,8,13,15H,3-4,7,9-10,17H2,1-2H3. The molecule has 2 atom stereocenters. The molecule has 2 N–H and O–H groups in total. The maximum Gasteiger partial charge on any atom is 0.123 e. The molecule has 106 valence electrons. The molecule has 1 aliphatic rings. The van der Waals surface area contributed by atoms with Crippen LogP contribution in [-0.2, 0) is 4.74 Å². The van der Waals surface area contributed by atoms with Crippen LogP contribution >= 0.6 is 0 Å². The summed E-state index contributed by atoms with van der Waals surface area (Å²) >= 11 is 0. The molecule has 1 fully saturated rings. The van der Waals surface area contributed by atoms with Gasteiger partial charge in [-0.15, -0.1) is 0 Å². The first-order chi connectivity index (χ1) is 9.15. The van der Waals surface area contributed by atoms with Crippen LogP contribution in [0.25, 0.3) is 0 Å². The minimum absolute atomic E-state index is 0.151. The quantitative estimate of drug-likeness (QED) is 0.908. The van der Waals surface area contributed by atoms with Gasteiger partial charge in [-0.3, -0.25) is 4.90 Å². The van der Waals surface area contributed by atoms with E-state index in [0.29, 0.717) is 6.54 Å². The van der Waals surface area contributed by atoms with Gasteiger partial charge in [0, 0.05) is 26.2 Å². The minimum Gasteiger partial charge on any atom is -0.380 e. The number of nitrogens with two attached hydrogens (primary N) is 1. The Bertz CT molecular complexity index is 425. The third-order valence-electron chi connectivity index (χ3n) is 4.00. The smallest absolute Gasteiger partial charge is 0.123 e. The Balaban J connectivity index is 2.19. The van der Waals surface area contributed by atoms with Crippen molar-refractivity contribution in [2.45, 2.75) is 31.9 Å². The number of nitrogens with zero attached hydrogens (tertiary/aromatic N) is 1. The van der Waals surface area contributed by atoms with Crippen molar-refractivity contribution >= 4 is 0 Å². The molecule has 1 saturated heterocycles. The summed E-state index contributed by atoms with van der Waals surface area (Å²) < 4.78 is 18.7. The van der Waals surface area contributed by atoms with E-state index < -0.39 is 0 Å². The average molecular weight is 266 g/mol. The van der Waals surface area contributed by atoms with Crippen molar-refractivity contribution in [3.63, 3.8) is 0 Å². The van der Waals surface area contributed by atoms with Gasteiger partial charge in [-0.05, 0) is 49.6 Å². The van der Waals surface area contributed by atoms with Crippen LogP contribution in [0.3, 0.4) is 0 Å². The molecule has 1 heterocycles. The SMILES string of the molecule is COC1CCCN(C(CN)c2ccc(F)cc2C)C1. The first-order valence-corrected chi connectivity index (χ1v) is 6.88. The maximum absolute atomic E-state index is 13.2. The lowest BCUT2D eigenvalue weighted by Crippen LogP contribution is -2.43. The first kappa shape index (κ1) is 14.4. The molecule has 0 saturated carbocycles. The van der Waals surface area contributed by atoms with Crippen LogP contribution in [0.5, 0.6) is 0 Å². The van der Waals surface area contributed by atoms with Crippen molar-refractivity contribution in [1.29, 1.82) is 0 Å². The number of hydrogen-bond acceptors (Lipinski definition) is 3. The summed E-state index contributed by atoms with van der Waals surface area (Å²) in [6.45, 7) is 4.41. The Kier molecular flexibility index (Phi) is 4.91. The predicted octanol–water partition coefficient (Wildman–Crippen LogP) is 2.24. The second-order valence-electron chi connectivity index (χ2n) is 5.25. The van der Waals surface area contributed by atoms with E-state index in [1.54, 1.807) is 13.2 Å². The number of methoxy groups -OCH3 is 1. The first-order valence-electron chi connectivity index (χ1n) is 6.88. The lowest BCUT2D eigenvalue weighted by Gasteiger charge is -2.38. The third-order valence-corrected chi connectivity index (χ3v) is 4.00. The van der Waals surface area contributed by atoms with Gasteiger partial charge in [0.2, 0.25) is 0 Å². The Morgan fingerprint density at radius 2 is 2.32 bits per heavy atom. The number of hydrogen-bond donors (Lipinski definition) is 1. The molecule has 0 spiro atoms. The molecule has 0 bridgehead atoms. The number of rotatable bonds is 4. The van der Waals surface area contributed by atoms with Crippen LogP contribution in [0.15, 0.2) is 18.2 Å². The van der Waals surface area contributed by atoms with Gasteiger partial charge in [-0.1, -0.05) is 6.07 Å². The fourth-order valence-electron chi connectivity index (χ4n) is 2.93. The topological polar surface area (TPSA) is 38.5 Å². The zero-order valence-corrected chi connectivity index (χ0v) is 11.7. The summed E-state index contributed by atoms with van der Waals surface area (Å²) in [7, 11) is 1.76. The molecule has 0 aromatic heterocycles. The van der Waals surface area contributed by atoms with Crippen LogP contribution in [0.4, 0.5) is 4.39 Å². The van der Waals surface area contributed by atoms with Gasteiger partial charge in [-0.25, -0.2) is 4.39 Å². The molecule has 2 rings (SSSR count). The predicted molar refractivity (Wildman–Crippen MR) is 74.5 cm³/mol. The summed E-state index contributed by atoms with van der Waals surface area (Å²) in [5.41, 5.74) is 8.05. The zero-order chi connectivity index (χ0) is 13.8. The Morgan fingerprint density at radius 3 is 2.95 bits per heavy atom. The fourth-order valence-corrected chi connectivity index (χ4v) is 2.93. The van der Waals surface area contributed by atoms with Crippen LogP contribution in [-0.4, -0.2) is 37.7 Å². The molecular formula is C15H23FN2O. The number of piperidine rings is 1. The summed E-state index contributed by atoms with van der Waals surface area (Å²) in [5.74, 6) is -0.189. The highest BCUT2D eigenvalue weighted by Crippen LogP contribution is 2.27. The van der Waals surface area contributed by atoms with Crippen LogP contribution in [0, 0.1) is 12.7 Å². The number of ether oxygens (including phenoxy) is 1. The van der Waals surface area contributed by atoms with Gasteiger partial charge in [0.25, 0.3) is 0 Å². The Hall–Kier alpha value is -0.970. The van der Waals surface area contributed by atoms with Gasteiger partial charge in [0.05, 0.1) is 6.10 Å². The normalized spacial score (nSPS) is 22.4. The van der Waals surface area contributed by atoms with Crippen LogP contribution < -0.4 is 5.73 Å². The van der Waals surface area contributed by atoms with Gasteiger partial charge in [0.15, 0.2) is 0 Å². The van der Waals surface area contributed by atoms with Crippen LogP contribution in [0.1, 0.15) is 30.0 Å². The second kappa shape index (κ2) is 6.46. The molecule has 3 nitrogen and oxygen atoms in total. The van der Waals surface area contributed by atoms with E-state index in [0.717, 1.165) is 37.1 Å². The molecule has 19 heavy (non-hydrogen) atoms. The summed E-state index contributed by atoms with van der Waals surface area (Å²) in [6.07, 6.45) is 2.51. The van der Waals surface area contributed by atoms with Gasteiger partial charge >= 0.3 is 0 Å². The Labute approximate surface area is 114 Å².